The quantitative estimate of drug-likeness (QED) is 0.771. The molecule has 2 aliphatic heterocycles. The third-order valence-corrected chi connectivity index (χ3v) is 6.06. The minimum Gasteiger partial charge on any atom is -0.475 e. The lowest BCUT2D eigenvalue weighted by Crippen LogP contribution is -2.52. The van der Waals surface area contributed by atoms with Crippen molar-refractivity contribution in [1.82, 2.24) is 19.6 Å². The first-order chi connectivity index (χ1) is 15.1. The number of likely N-dealkylation sites (tertiary alicyclic amines) is 2. The lowest BCUT2D eigenvalue weighted by molar-refractivity contribution is -0.192. The first-order valence-corrected chi connectivity index (χ1v) is 10.4. The fraction of sp³-hybridized carbons (Fsp3) is 0.500. The number of amides is 1. The number of carbonyl (C=O) groups is 2. The molecule has 2 aliphatic rings. The van der Waals surface area contributed by atoms with Crippen LogP contribution in [0.1, 0.15) is 36.8 Å². The van der Waals surface area contributed by atoms with Crippen LogP contribution in [0.2, 0.25) is 0 Å². The maximum atomic E-state index is 12.5. The van der Waals surface area contributed by atoms with Crippen molar-refractivity contribution in [2.75, 3.05) is 13.1 Å². The number of hydrogen-bond donors (Lipinski definition) is 1. The number of nitrogens with zero attached hydrogens (tertiary/aromatic N) is 4. The van der Waals surface area contributed by atoms with Crippen molar-refractivity contribution in [2.24, 2.45) is 7.05 Å². The number of carboxylic acids is 1. The summed E-state index contributed by atoms with van der Waals surface area (Å²) in [5.74, 6) is -2.43. The molecule has 1 spiro atoms. The van der Waals surface area contributed by atoms with Gasteiger partial charge in [0.05, 0.1) is 6.20 Å². The average Bonchev–Trinajstić information content (AvgIpc) is 3.29. The number of aromatic nitrogens is 2. The van der Waals surface area contributed by atoms with Gasteiger partial charge >= 0.3 is 12.1 Å². The zero-order valence-corrected chi connectivity index (χ0v) is 17.9. The molecular weight excluding hydrogens is 425 g/mol. The van der Waals surface area contributed by atoms with Crippen LogP contribution in [0.15, 0.2) is 42.7 Å². The van der Waals surface area contributed by atoms with Crippen LogP contribution in [-0.2, 0) is 29.7 Å². The highest BCUT2D eigenvalue weighted by Gasteiger charge is 2.46. The van der Waals surface area contributed by atoms with Crippen molar-refractivity contribution >= 4 is 11.9 Å². The minimum atomic E-state index is -5.08. The molecular formula is C22H27F3N4O3. The Morgan fingerprint density at radius 3 is 2.25 bits per heavy atom. The van der Waals surface area contributed by atoms with Crippen molar-refractivity contribution < 1.29 is 27.9 Å². The summed E-state index contributed by atoms with van der Waals surface area (Å²) in [6.07, 6.45) is 2.82. The summed E-state index contributed by atoms with van der Waals surface area (Å²) in [4.78, 5) is 26.1. The molecule has 0 atom stereocenters. The third-order valence-electron chi connectivity index (χ3n) is 6.06. The summed E-state index contributed by atoms with van der Waals surface area (Å²) in [7, 11) is 1.96. The van der Waals surface area contributed by atoms with Gasteiger partial charge in [-0.05, 0) is 24.8 Å². The molecule has 1 N–H and O–H groups in total. The van der Waals surface area contributed by atoms with E-state index in [2.05, 4.69) is 45.4 Å². The van der Waals surface area contributed by atoms with E-state index in [9.17, 15) is 18.0 Å². The van der Waals surface area contributed by atoms with E-state index in [1.54, 1.807) is 0 Å². The summed E-state index contributed by atoms with van der Waals surface area (Å²) in [5, 5.41) is 11.4. The van der Waals surface area contributed by atoms with Crippen molar-refractivity contribution in [3.63, 3.8) is 0 Å². The van der Waals surface area contributed by atoms with E-state index < -0.39 is 12.1 Å². The molecule has 1 amide bonds. The van der Waals surface area contributed by atoms with Crippen molar-refractivity contribution in [3.05, 3.63) is 53.9 Å². The van der Waals surface area contributed by atoms with Crippen molar-refractivity contribution in [3.8, 4) is 0 Å². The SMILES string of the molecule is Cn1cc(CN2CCC3(CCC(=O)N3Cc3ccccc3)CC2)cn1.O=C(O)C(F)(F)F. The average molecular weight is 452 g/mol. The van der Waals surface area contributed by atoms with Gasteiger partial charge in [-0.15, -0.1) is 0 Å². The van der Waals surface area contributed by atoms with Crippen LogP contribution in [0.5, 0.6) is 0 Å². The molecule has 32 heavy (non-hydrogen) atoms. The van der Waals surface area contributed by atoms with Gasteiger partial charge in [-0.1, -0.05) is 30.3 Å². The molecule has 174 valence electrons. The lowest BCUT2D eigenvalue weighted by Gasteiger charge is -2.45. The number of carboxylic acid groups (broad SMARTS) is 1. The number of piperidine rings is 1. The first kappa shape index (κ1) is 23.8. The van der Waals surface area contributed by atoms with Crippen molar-refractivity contribution in [2.45, 2.75) is 50.5 Å². The second-order valence-electron chi connectivity index (χ2n) is 8.29. The van der Waals surface area contributed by atoms with Crippen LogP contribution in [0.25, 0.3) is 0 Å². The zero-order chi connectivity index (χ0) is 23.4. The summed E-state index contributed by atoms with van der Waals surface area (Å²) >= 11 is 0. The van der Waals surface area contributed by atoms with Crippen molar-refractivity contribution in [1.29, 1.82) is 0 Å². The monoisotopic (exact) mass is 452 g/mol. The van der Waals surface area contributed by atoms with Gasteiger partial charge in [-0.25, -0.2) is 4.79 Å². The molecule has 0 radical (unpaired) electrons. The number of rotatable bonds is 4. The normalized spacial score (nSPS) is 18.5. The van der Waals surface area contributed by atoms with E-state index in [1.165, 1.54) is 11.1 Å². The van der Waals surface area contributed by atoms with E-state index in [0.717, 1.165) is 45.4 Å². The van der Waals surface area contributed by atoms with Gasteiger partial charge in [0, 0.05) is 56.9 Å². The van der Waals surface area contributed by atoms with Gasteiger partial charge in [0.15, 0.2) is 0 Å². The van der Waals surface area contributed by atoms with E-state index in [4.69, 9.17) is 9.90 Å². The predicted octanol–water partition coefficient (Wildman–Crippen LogP) is 3.21. The molecule has 0 saturated carbocycles. The summed E-state index contributed by atoms with van der Waals surface area (Å²) in [6, 6.07) is 10.4. The third kappa shape index (κ3) is 5.87. The highest BCUT2D eigenvalue weighted by molar-refractivity contribution is 5.79. The Kier molecular flexibility index (Phi) is 7.22. The molecule has 1 aromatic carbocycles. The maximum absolute atomic E-state index is 12.5. The Morgan fingerprint density at radius 1 is 1.09 bits per heavy atom. The smallest absolute Gasteiger partial charge is 0.475 e. The Hall–Kier alpha value is -2.88. The lowest BCUT2D eigenvalue weighted by atomic mass is 9.84. The highest BCUT2D eigenvalue weighted by Crippen LogP contribution is 2.40. The zero-order valence-electron chi connectivity index (χ0n) is 17.9. The summed E-state index contributed by atoms with van der Waals surface area (Å²) < 4.78 is 33.6. The standard InChI is InChI=1S/C20H26N4O.C2HF3O2/c1-22-14-18(13-21-22)15-23-11-9-20(10-12-23)8-7-19(25)24(20)16-17-5-3-2-4-6-17;3-2(4,5)1(6)7/h2-6,13-14H,7-12,15-16H2,1H3;(H,6,7). The topological polar surface area (TPSA) is 78.7 Å². The predicted molar refractivity (Wildman–Crippen MR) is 110 cm³/mol. The van der Waals surface area contributed by atoms with Crippen LogP contribution >= 0.6 is 0 Å². The van der Waals surface area contributed by atoms with E-state index in [-0.39, 0.29) is 5.54 Å². The maximum Gasteiger partial charge on any atom is 0.490 e. The largest absolute Gasteiger partial charge is 0.490 e. The number of benzene rings is 1. The Balaban J connectivity index is 0.000000360. The van der Waals surface area contributed by atoms with Gasteiger partial charge in [0.2, 0.25) is 5.91 Å². The van der Waals surface area contributed by atoms with E-state index >= 15 is 0 Å². The minimum absolute atomic E-state index is 0.0678. The van der Waals surface area contributed by atoms with Crippen LogP contribution < -0.4 is 0 Å². The fourth-order valence-corrected chi connectivity index (χ4v) is 4.35. The summed E-state index contributed by atoms with van der Waals surface area (Å²) in [6.45, 7) is 3.81. The molecule has 10 heteroatoms. The number of carbonyl (C=O) groups excluding carboxylic acids is 1. The van der Waals surface area contributed by atoms with Gasteiger partial charge in [0.25, 0.3) is 0 Å². The molecule has 4 rings (SSSR count). The molecule has 0 bridgehead atoms. The Labute approximate surface area is 184 Å². The Morgan fingerprint density at radius 2 is 1.72 bits per heavy atom. The summed E-state index contributed by atoms with van der Waals surface area (Å²) in [5.41, 5.74) is 2.57. The van der Waals surface area contributed by atoms with Crippen LogP contribution in [0.3, 0.4) is 0 Å². The van der Waals surface area contributed by atoms with Gasteiger partial charge in [-0.2, -0.15) is 18.3 Å². The number of alkyl halides is 3. The molecule has 0 aliphatic carbocycles. The second kappa shape index (κ2) is 9.72. The molecule has 1 aromatic heterocycles. The number of hydrogen-bond acceptors (Lipinski definition) is 4. The second-order valence-corrected chi connectivity index (χ2v) is 8.29. The molecule has 3 heterocycles. The van der Waals surface area contributed by atoms with Crippen LogP contribution in [-0.4, -0.2) is 61.4 Å². The number of aliphatic carboxylic acids is 1. The van der Waals surface area contributed by atoms with Crippen LogP contribution in [0.4, 0.5) is 13.2 Å². The molecule has 2 fully saturated rings. The molecule has 2 aromatic rings. The fourth-order valence-electron chi connectivity index (χ4n) is 4.35. The molecule has 2 saturated heterocycles. The van der Waals surface area contributed by atoms with E-state index in [0.29, 0.717) is 12.3 Å². The molecule has 0 unspecified atom stereocenters. The van der Waals surface area contributed by atoms with Gasteiger partial charge in [-0.3, -0.25) is 14.4 Å². The molecule has 7 nitrogen and oxygen atoms in total. The first-order valence-electron chi connectivity index (χ1n) is 10.4. The van der Waals surface area contributed by atoms with E-state index in [1.807, 2.05) is 24.0 Å². The van der Waals surface area contributed by atoms with Gasteiger partial charge in [0.1, 0.15) is 0 Å². The highest BCUT2D eigenvalue weighted by atomic mass is 19.4. The Bertz CT molecular complexity index is 922. The van der Waals surface area contributed by atoms with Crippen LogP contribution in [0, 0.1) is 0 Å². The number of aryl methyl sites for hydroxylation is 1. The number of halogens is 3. The van der Waals surface area contributed by atoms with Gasteiger partial charge < -0.3 is 10.0 Å².